The van der Waals surface area contributed by atoms with E-state index in [1.807, 2.05) is 0 Å². The van der Waals surface area contributed by atoms with Crippen molar-refractivity contribution >= 4 is 0 Å². The molecule has 0 aromatic heterocycles. The van der Waals surface area contributed by atoms with E-state index in [4.69, 9.17) is 4.74 Å². The molecule has 0 radical (unpaired) electrons. The van der Waals surface area contributed by atoms with Crippen LogP contribution in [0.5, 0.6) is 0 Å². The molecular weight excluding hydrogens is 224 g/mol. The Bertz CT molecular complexity index is 222. The highest BCUT2D eigenvalue weighted by Gasteiger charge is 2.37. The maximum atomic E-state index is 10.5. The van der Waals surface area contributed by atoms with Gasteiger partial charge in [-0.05, 0) is 31.1 Å². The highest BCUT2D eigenvalue weighted by Crippen LogP contribution is 2.35. The second kappa shape index (κ2) is 6.91. The lowest BCUT2D eigenvalue weighted by molar-refractivity contribution is -0.115. The molecule has 0 aliphatic heterocycles. The summed E-state index contributed by atoms with van der Waals surface area (Å²) in [6, 6.07) is 0. The predicted octanol–water partition coefficient (Wildman–Crippen LogP) is 4.30. The number of methoxy groups -OCH3 is 1. The third kappa shape index (κ3) is 4.89. The molecule has 1 rings (SSSR count). The molecule has 1 unspecified atom stereocenters. The first kappa shape index (κ1) is 16.0. The van der Waals surface area contributed by atoms with Gasteiger partial charge in [-0.25, -0.2) is 0 Å². The van der Waals surface area contributed by atoms with Crippen molar-refractivity contribution in [1.82, 2.24) is 0 Å². The van der Waals surface area contributed by atoms with E-state index < -0.39 is 0 Å². The Morgan fingerprint density at radius 2 is 1.67 bits per heavy atom. The number of ether oxygens (including phenoxy) is 1. The van der Waals surface area contributed by atoms with E-state index in [2.05, 4.69) is 20.8 Å². The number of rotatable bonds is 5. The Kier molecular flexibility index (Phi) is 6.13. The number of hydrogen-bond acceptors (Lipinski definition) is 2. The van der Waals surface area contributed by atoms with Crippen LogP contribution in [0.25, 0.3) is 0 Å². The molecule has 0 aromatic rings. The molecule has 0 aromatic carbocycles. The summed E-state index contributed by atoms with van der Waals surface area (Å²) in [5.41, 5.74) is 0.109. The van der Waals surface area contributed by atoms with Gasteiger partial charge < -0.3 is 9.84 Å². The summed E-state index contributed by atoms with van der Waals surface area (Å²) in [6.07, 6.45) is 9.89. The molecule has 0 bridgehead atoms. The minimum atomic E-state index is -0.289. The quantitative estimate of drug-likeness (QED) is 0.743. The summed E-state index contributed by atoms with van der Waals surface area (Å²) in [5.74, 6) is 0. The van der Waals surface area contributed by atoms with Gasteiger partial charge in [-0.1, -0.05) is 52.9 Å². The third-order valence-corrected chi connectivity index (χ3v) is 4.37. The highest BCUT2D eigenvalue weighted by molar-refractivity contribution is 4.90. The van der Waals surface area contributed by atoms with Crippen LogP contribution in [0, 0.1) is 5.41 Å². The first-order valence-corrected chi connectivity index (χ1v) is 7.63. The maximum absolute atomic E-state index is 10.5. The average Bonchev–Trinajstić information content (AvgIpc) is 2.53. The van der Waals surface area contributed by atoms with Crippen LogP contribution >= 0.6 is 0 Å². The van der Waals surface area contributed by atoms with E-state index in [0.29, 0.717) is 5.41 Å². The topological polar surface area (TPSA) is 29.5 Å². The Morgan fingerprint density at radius 1 is 1.11 bits per heavy atom. The van der Waals surface area contributed by atoms with Crippen LogP contribution in [-0.4, -0.2) is 23.9 Å². The molecule has 2 heteroatoms. The van der Waals surface area contributed by atoms with Gasteiger partial charge in [-0.3, -0.25) is 0 Å². The molecule has 108 valence electrons. The zero-order chi connectivity index (χ0) is 13.6. The minimum absolute atomic E-state index is 0.256. The van der Waals surface area contributed by atoms with E-state index >= 15 is 0 Å². The fraction of sp³-hybridized carbons (Fsp3) is 1.00. The zero-order valence-corrected chi connectivity index (χ0v) is 12.8. The lowest BCUT2D eigenvalue weighted by Gasteiger charge is -2.36. The van der Waals surface area contributed by atoms with Crippen molar-refractivity contribution in [3.8, 4) is 0 Å². The number of aliphatic hydroxyl groups is 1. The van der Waals surface area contributed by atoms with Crippen molar-refractivity contribution in [2.75, 3.05) is 7.11 Å². The first-order valence-electron chi connectivity index (χ1n) is 7.63. The van der Waals surface area contributed by atoms with Gasteiger partial charge in [-0.15, -0.1) is 0 Å². The van der Waals surface area contributed by atoms with E-state index in [0.717, 1.165) is 25.7 Å². The fourth-order valence-corrected chi connectivity index (χ4v) is 3.09. The molecule has 1 fully saturated rings. The van der Waals surface area contributed by atoms with Crippen molar-refractivity contribution in [2.24, 2.45) is 5.41 Å². The van der Waals surface area contributed by atoms with E-state index in [1.54, 1.807) is 7.11 Å². The van der Waals surface area contributed by atoms with Crippen molar-refractivity contribution in [1.29, 1.82) is 0 Å². The van der Waals surface area contributed by atoms with E-state index in [9.17, 15) is 5.11 Å². The molecule has 1 aliphatic carbocycles. The van der Waals surface area contributed by atoms with Gasteiger partial charge in [0.05, 0.1) is 11.7 Å². The number of hydrogen-bond donors (Lipinski definition) is 1. The largest absolute Gasteiger partial charge is 0.390 e. The van der Waals surface area contributed by atoms with Crippen LogP contribution in [0.1, 0.15) is 78.6 Å². The highest BCUT2D eigenvalue weighted by atomic mass is 16.5. The molecule has 18 heavy (non-hydrogen) atoms. The summed E-state index contributed by atoms with van der Waals surface area (Å²) < 4.78 is 5.75. The van der Waals surface area contributed by atoms with Crippen LogP contribution in [0.15, 0.2) is 0 Å². The Labute approximate surface area is 113 Å². The second-order valence-corrected chi connectivity index (χ2v) is 7.15. The SMILES string of the molecule is COC1(C(O)CCCC(C)(C)C)CCCCCC1. The lowest BCUT2D eigenvalue weighted by atomic mass is 9.83. The molecule has 0 spiro atoms. The standard InChI is InChI=1S/C16H32O2/c1-15(2,3)11-9-10-14(17)16(18-4)12-7-5-6-8-13-16/h14,17H,5-13H2,1-4H3. The van der Waals surface area contributed by atoms with Gasteiger partial charge in [-0.2, -0.15) is 0 Å². The normalized spacial score (nSPS) is 22.5. The smallest absolute Gasteiger partial charge is 0.0936 e. The van der Waals surface area contributed by atoms with Gasteiger partial charge in [0.15, 0.2) is 0 Å². The maximum Gasteiger partial charge on any atom is 0.0936 e. The molecule has 0 amide bonds. The van der Waals surface area contributed by atoms with Gasteiger partial charge in [0, 0.05) is 7.11 Å². The van der Waals surface area contributed by atoms with Gasteiger partial charge in [0.25, 0.3) is 0 Å². The molecule has 1 aliphatic rings. The molecule has 0 saturated heterocycles. The monoisotopic (exact) mass is 256 g/mol. The van der Waals surface area contributed by atoms with Crippen molar-refractivity contribution in [3.63, 3.8) is 0 Å². The van der Waals surface area contributed by atoms with Crippen LogP contribution in [0.4, 0.5) is 0 Å². The van der Waals surface area contributed by atoms with Crippen LogP contribution in [-0.2, 0) is 4.74 Å². The van der Waals surface area contributed by atoms with Crippen LogP contribution < -0.4 is 0 Å². The molecule has 0 heterocycles. The fourth-order valence-electron chi connectivity index (χ4n) is 3.09. The van der Waals surface area contributed by atoms with Crippen molar-refractivity contribution < 1.29 is 9.84 Å². The third-order valence-electron chi connectivity index (χ3n) is 4.37. The molecule has 1 atom stereocenters. The second-order valence-electron chi connectivity index (χ2n) is 7.15. The van der Waals surface area contributed by atoms with Crippen molar-refractivity contribution in [2.45, 2.75) is 90.3 Å². The zero-order valence-electron chi connectivity index (χ0n) is 12.8. The number of aliphatic hydroxyl groups excluding tert-OH is 1. The molecule has 1 saturated carbocycles. The first-order chi connectivity index (χ1) is 8.40. The summed E-state index contributed by atoms with van der Waals surface area (Å²) in [7, 11) is 1.78. The predicted molar refractivity (Wildman–Crippen MR) is 76.8 cm³/mol. The van der Waals surface area contributed by atoms with Gasteiger partial charge in [0.1, 0.15) is 0 Å². The summed E-state index contributed by atoms with van der Waals surface area (Å²) >= 11 is 0. The van der Waals surface area contributed by atoms with E-state index in [-0.39, 0.29) is 11.7 Å². The summed E-state index contributed by atoms with van der Waals surface area (Å²) in [6.45, 7) is 6.78. The average molecular weight is 256 g/mol. The van der Waals surface area contributed by atoms with Crippen LogP contribution in [0.3, 0.4) is 0 Å². The van der Waals surface area contributed by atoms with Crippen molar-refractivity contribution in [3.05, 3.63) is 0 Å². The minimum Gasteiger partial charge on any atom is -0.390 e. The summed E-state index contributed by atoms with van der Waals surface area (Å²) in [5, 5.41) is 10.5. The molecule has 2 nitrogen and oxygen atoms in total. The Balaban J connectivity index is 2.47. The van der Waals surface area contributed by atoms with Crippen LogP contribution in [0.2, 0.25) is 0 Å². The van der Waals surface area contributed by atoms with Gasteiger partial charge in [0.2, 0.25) is 0 Å². The summed E-state index contributed by atoms with van der Waals surface area (Å²) in [4.78, 5) is 0. The Hall–Kier alpha value is -0.0800. The molecule has 1 N–H and O–H groups in total. The molecular formula is C16H32O2. The Morgan fingerprint density at radius 3 is 2.11 bits per heavy atom. The lowest BCUT2D eigenvalue weighted by Crippen LogP contribution is -2.43. The van der Waals surface area contributed by atoms with Gasteiger partial charge >= 0.3 is 0 Å². The van der Waals surface area contributed by atoms with E-state index in [1.165, 1.54) is 32.1 Å².